The van der Waals surface area contributed by atoms with Crippen LogP contribution >= 0.6 is 11.6 Å². The van der Waals surface area contributed by atoms with E-state index in [0.717, 1.165) is 42.9 Å². The van der Waals surface area contributed by atoms with Crippen molar-refractivity contribution in [2.24, 2.45) is 0 Å². The van der Waals surface area contributed by atoms with Crippen LogP contribution < -0.4 is 5.32 Å². The van der Waals surface area contributed by atoms with E-state index in [-0.39, 0.29) is 0 Å². The van der Waals surface area contributed by atoms with Crippen LogP contribution in [0.5, 0.6) is 0 Å². The lowest BCUT2D eigenvalue weighted by Gasteiger charge is -2.07. The smallest absolute Gasteiger partial charge is 0.0453 e. The van der Waals surface area contributed by atoms with E-state index in [4.69, 9.17) is 18.0 Å². The number of hydrogen-bond donors (Lipinski definition) is 1. The Balaban J connectivity index is 2.25. The van der Waals surface area contributed by atoms with Gasteiger partial charge in [0.25, 0.3) is 0 Å². The number of benzene rings is 1. The molecule has 0 aromatic heterocycles. The van der Waals surface area contributed by atoms with Crippen LogP contribution in [0.1, 0.15) is 30.4 Å². The Morgan fingerprint density at radius 3 is 2.88 bits per heavy atom. The van der Waals surface area contributed by atoms with E-state index < -0.39 is 0 Å². The zero-order chi connectivity index (χ0) is 11.8. The molecule has 0 heterocycles. The molecule has 0 fully saturated rings. The molecule has 0 unspecified atom stereocenters. The van der Waals surface area contributed by atoms with Crippen molar-refractivity contribution < 1.29 is 0 Å². The van der Waals surface area contributed by atoms with Crippen molar-refractivity contribution in [2.45, 2.75) is 32.7 Å². The highest BCUT2D eigenvalue weighted by Crippen LogP contribution is 2.17. The zero-order valence-corrected chi connectivity index (χ0v) is 10.5. The first-order valence-electron chi connectivity index (χ1n) is 5.63. The molecule has 2 heteroatoms. The normalized spacial score (nSPS) is 10.1. The fourth-order valence-electron chi connectivity index (χ4n) is 1.50. The molecule has 0 bridgehead atoms. The van der Waals surface area contributed by atoms with Gasteiger partial charge in [-0.15, -0.1) is 12.3 Å². The summed E-state index contributed by atoms with van der Waals surface area (Å²) in [6, 6.07) is 6.16. The van der Waals surface area contributed by atoms with Crippen molar-refractivity contribution in [1.82, 2.24) is 5.32 Å². The lowest BCUT2D eigenvalue weighted by molar-refractivity contribution is 0.630. The van der Waals surface area contributed by atoms with Crippen LogP contribution in [-0.4, -0.2) is 6.54 Å². The molecule has 0 amide bonds. The minimum absolute atomic E-state index is 0.829. The van der Waals surface area contributed by atoms with Crippen molar-refractivity contribution in [3.05, 3.63) is 34.3 Å². The summed E-state index contributed by atoms with van der Waals surface area (Å²) in [4.78, 5) is 0. The first-order valence-corrected chi connectivity index (χ1v) is 6.01. The molecule has 1 nitrogen and oxygen atoms in total. The first-order chi connectivity index (χ1) is 7.74. The van der Waals surface area contributed by atoms with E-state index in [1.165, 1.54) is 5.56 Å². The van der Waals surface area contributed by atoms with Gasteiger partial charge in [0.15, 0.2) is 0 Å². The van der Waals surface area contributed by atoms with Gasteiger partial charge in [-0.05, 0) is 43.5 Å². The van der Waals surface area contributed by atoms with E-state index in [0.29, 0.717) is 0 Å². The highest BCUT2D eigenvalue weighted by Gasteiger charge is 1.99. The predicted molar refractivity (Wildman–Crippen MR) is 70.6 cm³/mol. The number of aryl methyl sites for hydroxylation is 1. The number of hydrogen-bond acceptors (Lipinski definition) is 1. The zero-order valence-electron chi connectivity index (χ0n) is 9.72. The molecule has 1 aromatic carbocycles. The third kappa shape index (κ3) is 4.70. The van der Waals surface area contributed by atoms with Gasteiger partial charge in [0.2, 0.25) is 0 Å². The van der Waals surface area contributed by atoms with Crippen molar-refractivity contribution in [2.75, 3.05) is 6.54 Å². The Labute approximate surface area is 103 Å². The van der Waals surface area contributed by atoms with Crippen LogP contribution in [0.4, 0.5) is 0 Å². The first kappa shape index (κ1) is 13.1. The maximum atomic E-state index is 6.13. The van der Waals surface area contributed by atoms with Gasteiger partial charge in [-0.1, -0.05) is 23.7 Å². The fourth-order valence-corrected chi connectivity index (χ4v) is 1.80. The summed E-state index contributed by atoms with van der Waals surface area (Å²) in [5, 5.41) is 4.21. The number of terminal acetylenes is 1. The van der Waals surface area contributed by atoms with E-state index in [1.54, 1.807) is 0 Å². The van der Waals surface area contributed by atoms with Crippen molar-refractivity contribution in [3.8, 4) is 12.3 Å². The Morgan fingerprint density at radius 1 is 1.38 bits per heavy atom. The largest absolute Gasteiger partial charge is 0.313 e. The molecule has 16 heavy (non-hydrogen) atoms. The van der Waals surface area contributed by atoms with Crippen LogP contribution in [0.15, 0.2) is 18.2 Å². The molecule has 1 N–H and O–H groups in total. The van der Waals surface area contributed by atoms with Gasteiger partial charge in [0.1, 0.15) is 0 Å². The van der Waals surface area contributed by atoms with Crippen LogP contribution in [0.3, 0.4) is 0 Å². The second-order valence-corrected chi connectivity index (χ2v) is 4.34. The SMILES string of the molecule is C#CCCCCNCc1ccc(C)cc1Cl. The lowest BCUT2D eigenvalue weighted by Crippen LogP contribution is -2.14. The average molecular weight is 236 g/mol. The Kier molecular flexibility index (Phi) is 6.00. The van der Waals surface area contributed by atoms with Crippen LogP contribution in [0, 0.1) is 19.3 Å². The molecular formula is C14H18ClN. The summed E-state index contributed by atoms with van der Waals surface area (Å²) in [6.07, 6.45) is 8.26. The Bertz CT molecular complexity index is 365. The van der Waals surface area contributed by atoms with Gasteiger partial charge in [-0.3, -0.25) is 0 Å². The molecule has 0 saturated carbocycles. The second-order valence-electron chi connectivity index (χ2n) is 3.93. The van der Waals surface area contributed by atoms with Crippen molar-refractivity contribution >= 4 is 11.6 Å². The summed E-state index contributed by atoms with van der Waals surface area (Å²) in [5.74, 6) is 2.64. The summed E-state index contributed by atoms with van der Waals surface area (Å²) >= 11 is 6.13. The molecule has 0 atom stereocenters. The quantitative estimate of drug-likeness (QED) is 0.588. The molecule has 0 saturated heterocycles. The summed E-state index contributed by atoms with van der Waals surface area (Å²) in [7, 11) is 0. The average Bonchev–Trinajstić information content (AvgIpc) is 2.26. The highest BCUT2D eigenvalue weighted by molar-refractivity contribution is 6.31. The molecular weight excluding hydrogens is 218 g/mol. The maximum Gasteiger partial charge on any atom is 0.0453 e. The van der Waals surface area contributed by atoms with Gasteiger partial charge in [-0.25, -0.2) is 0 Å². The molecule has 0 aliphatic carbocycles. The maximum absolute atomic E-state index is 6.13. The number of rotatable bonds is 6. The molecule has 0 aliphatic rings. The van der Waals surface area contributed by atoms with E-state index in [1.807, 2.05) is 13.0 Å². The molecule has 0 aliphatic heterocycles. The summed E-state index contributed by atoms with van der Waals surface area (Å²) in [6.45, 7) is 3.87. The van der Waals surface area contributed by atoms with Gasteiger partial charge in [0, 0.05) is 18.0 Å². The van der Waals surface area contributed by atoms with Gasteiger partial charge < -0.3 is 5.32 Å². The van der Waals surface area contributed by atoms with E-state index in [9.17, 15) is 0 Å². The molecule has 86 valence electrons. The topological polar surface area (TPSA) is 12.0 Å². The number of nitrogens with one attached hydrogen (secondary N) is 1. The van der Waals surface area contributed by atoms with Gasteiger partial charge >= 0.3 is 0 Å². The minimum Gasteiger partial charge on any atom is -0.313 e. The number of unbranched alkanes of at least 4 members (excludes halogenated alkanes) is 2. The Morgan fingerprint density at radius 2 is 2.19 bits per heavy atom. The van der Waals surface area contributed by atoms with Crippen LogP contribution in [0.25, 0.3) is 0 Å². The van der Waals surface area contributed by atoms with E-state index in [2.05, 4.69) is 23.4 Å². The second kappa shape index (κ2) is 7.33. The molecule has 1 aromatic rings. The summed E-state index contributed by atoms with van der Waals surface area (Å²) < 4.78 is 0. The number of halogens is 1. The minimum atomic E-state index is 0.829. The van der Waals surface area contributed by atoms with Gasteiger partial charge in [0.05, 0.1) is 0 Å². The standard InChI is InChI=1S/C14H18ClN/c1-3-4-5-6-9-16-11-13-8-7-12(2)10-14(13)15/h1,7-8,10,16H,4-6,9,11H2,2H3. The van der Waals surface area contributed by atoms with Crippen LogP contribution in [0.2, 0.25) is 5.02 Å². The molecule has 0 radical (unpaired) electrons. The van der Waals surface area contributed by atoms with E-state index >= 15 is 0 Å². The Hall–Kier alpha value is -0.970. The lowest BCUT2D eigenvalue weighted by atomic mass is 10.1. The monoisotopic (exact) mass is 235 g/mol. The highest BCUT2D eigenvalue weighted by atomic mass is 35.5. The summed E-state index contributed by atoms with van der Waals surface area (Å²) in [5.41, 5.74) is 2.35. The van der Waals surface area contributed by atoms with Crippen molar-refractivity contribution in [3.63, 3.8) is 0 Å². The predicted octanol–water partition coefficient (Wildman–Crippen LogP) is 3.54. The van der Waals surface area contributed by atoms with Crippen LogP contribution in [-0.2, 0) is 6.54 Å². The molecule has 0 spiro atoms. The van der Waals surface area contributed by atoms with Gasteiger partial charge in [-0.2, -0.15) is 0 Å². The molecule has 1 rings (SSSR count). The van der Waals surface area contributed by atoms with Crippen molar-refractivity contribution in [1.29, 1.82) is 0 Å². The third-order valence-corrected chi connectivity index (χ3v) is 2.80. The third-order valence-electron chi connectivity index (χ3n) is 2.45. The fraction of sp³-hybridized carbons (Fsp3) is 0.429.